The first-order valence-corrected chi connectivity index (χ1v) is 6.04. The monoisotopic (exact) mass is 213 g/mol. The summed E-state index contributed by atoms with van der Waals surface area (Å²) in [5.41, 5.74) is 5.62. The average Bonchev–Trinajstić information content (AvgIpc) is 2.71. The summed E-state index contributed by atoms with van der Waals surface area (Å²) < 4.78 is 0. The molecule has 0 aliphatic heterocycles. The molecule has 1 aromatic rings. The number of nitrogens with one attached hydrogen (secondary N) is 1. The van der Waals surface area contributed by atoms with Crippen LogP contribution in [-0.2, 0) is 6.54 Å². The summed E-state index contributed by atoms with van der Waals surface area (Å²) >= 11 is 1.69. The highest BCUT2D eigenvalue weighted by atomic mass is 32.1. The van der Waals surface area contributed by atoms with Crippen molar-refractivity contribution in [3.05, 3.63) is 16.6 Å². The Morgan fingerprint density at radius 1 is 1.64 bits per heavy atom. The van der Waals surface area contributed by atoms with Crippen molar-refractivity contribution >= 4 is 11.3 Å². The predicted molar refractivity (Wildman–Crippen MR) is 61.3 cm³/mol. The van der Waals surface area contributed by atoms with Crippen LogP contribution in [0.5, 0.6) is 0 Å². The standard InChI is InChI=1S/C10H19N3S/c1-2-9(7-11)3-4-12-8-10-13-5-6-14-10/h5-6,9,12H,2-4,7-8,11H2,1H3. The number of nitrogens with zero attached hydrogens (tertiary/aromatic N) is 1. The number of aromatic nitrogens is 1. The summed E-state index contributed by atoms with van der Waals surface area (Å²) in [6.45, 7) is 4.92. The van der Waals surface area contributed by atoms with Gasteiger partial charge in [-0.15, -0.1) is 11.3 Å². The van der Waals surface area contributed by atoms with E-state index in [1.165, 1.54) is 12.8 Å². The van der Waals surface area contributed by atoms with E-state index in [1.807, 2.05) is 11.6 Å². The minimum Gasteiger partial charge on any atom is -0.330 e. The summed E-state index contributed by atoms with van der Waals surface area (Å²) in [5, 5.41) is 6.54. The zero-order chi connectivity index (χ0) is 10.2. The maximum atomic E-state index is 5.62. The fourth-order valence-corrected chi connectivity index (χ4v) is 1.92. The summed E-state index contributed by atoms with van der Waals surface area (Å²) in [7, 11) is 0. The molecule has 1 atom stereocenters. The maximum Gasteiger partial charge on any atom is 0.106 e. The first-order valence-electron chi connectivity index (χ1n) is 5.16. The quantitative estimate of drug-likeness (QED) is 0.677. The number of nitrogens with two attached hydrogens (primary N) is 1. The second-order valence-electron chi connectivity index (χ2n) is 3.40. The van der Waals surface area contributed by atoms with Gasteiger partial charge < -0.3 is 11.1 Å². The Kier molecular flexibility index (Phi) is 5.75. The first kappa shape index (κ1) is 11.6. The van der Waals surface area contributed by atoms with Crippen LogP contribution in [-0.4, -0.2) is 18.1 Å². The highest BCUT2D eigenvalue weighted by Crippen LogP contribution is 2.05. The molecule has 1 unspecified atom stereocenters. The molecule has 4 heteroatoms. The molecule has 0 saturated carbocycles. The zero-order valence-electron chi connectivity index (χ0n) is 8.70. The predicted octanol–water partition coefficient (Wildman–Crippen LogP) is 1.61. The first-order chi connectivity index (χ1) is 6.86. The van der Waals surface area contributed by atoms with Gasteiger partial charge in [0, 0.05) is 18.1 Å². The van der Waals surface area contributed by atoms with Gasteiger partial charge in [0.1, 0.15) is 5.01 Å². The molecule has 3 N–H and O–H groups in total. The molecule has 0 fully saturated rings. The van der Waals surface area contributed by atoms with Gasteiger partial charge in [0.05, 0.1) is 0 Å². The van der Waals surface area contributed by atoms with E-state index >= 15 is 0 Å². The van der Waals surface area contributed by atoms with Crippen LogP contribution in [0.2, 0.25) is 0 Å². The van der Waals surface area contributed by atoms with Crippen LogP contribution in [0.15, 0.2) is 11.6 Å². The van der Waals surface area contributed by atoms with Crippen molar-refractivity contribution in [3.8, 4) is 0 Å². The van der Waals surface area contributed by atoms with Crippen LogP contribution < -0.4 is 11.1 Å². The van der Waals surface area contributed by atoms with Gasteiger partial charge in [0.15, 0.2) is 0 Å². The number of hydrogen-bond acceptors (Lipinski definition) is 4. The minimum atomic E-state index is 0.666. The Balaban J connectivity index is 2.04. The maximum absolute atomic E-state index is 5.62. The van der Waals surface area contributed by atoms with E-state index in [0.29, 0.717) is 5.92 Å². The molecule has 0 bridgehead atoms. The van der Waals surface area contributed by atoms with E-state index in [2.05, 4.69) is 17.2 Å². The molecule has 80 valence electrons. The third-order valence-electron chi connectivity index (χ3n) is 2.40. The molecule has 0 aliphatic carbocycles. The topological polar surface area (TPSA) is 50.9 Å². The summed E-state index contributed by atoms with van der Waals surface area (Å²) in [4.78, 5) is 4.20. The van der Waals surface area contributed by atoms with Crippen LogP contribution in [0.25, 0.3) is 0 Å². The van der Waals surface area contributed by atoms with E-state index in [-0.39, 0.29) is 0 Å². The molecule has 1 aromatic heterocycles. The largest absolute Gasteiger partial charge is 0.330 e. The van der Waals surface area contributed by atoms with E-state index in [0.717, 1.165) is 24.6 Å². The van der Waals surface area contributed by atoms with Gasteiger partial charge >= 0.3 is 0 Å². The van der Waals surface area contributed by atoms with Crippen LogP contribution in [0.3, 0.4) is 0 Å². The fourth-order valence-electron chi connectivity index (χ4n) is 1.33. The molecule has 1 rings (SSSR count). The lowest BCUT2D eigenvalue weighted by molar-refractivity contribution is 0.460. The van der Waals surface area contributed by atoms with Gasteiger partial charge in [-0.3, -0.25) is 0 Å². The van der Waals surface area contributed by atoms with Gasteiger partial charge in [0.2, 0.25) is 0 Å². The summed E-state index contributed by atoms with van der Waals surface area (Å²) in [5.74, 6) is 0.666. The highest BCUT2D eigenvalue weighted by Gasteiger charge is 2.02. The summed E-state index contributed by atoms with van der Waals surface area (Å²) in [6.07, 6.45) is 4.18. The number of hydrogen-bond donors (Lipinski definition) is 2. The third kappa shape index (κ3) is 4.17. The molecule has 14 heavy (non-hydrogen) atoms. The van der Waals surface area contributed by atoms with Gasteiger partial charge in [-0.2, -0.15) is 0 Å². The molecule has 0 aromatic carbocycles. The second-order valence-corrected chi connectivity index (χ2v) is 4.38. The molecular formula is C10H19N3S. The van der Waals surface area contributed by atoms with Gasteiger partial charge in [-0.05, 0) is 25.4 Å². The molecule has 0 amide bonds. The third-order valence-corrected chi connectivity index (χ3v) is 3.18. The van der Waals surface area contributed by atoms with Crippen LogP contribution >= 0.6 is 11.3 Å². The molecule has 0 spiro atoms. The van der Waals surface area contributed by atoms with Crippen molar-refractivity contribution in [3.63, 3.8) is 0 Å². The summed E-state index contributed by atoms with van der Waals surface area (Å²) in [6, 6.07) is 0. The Morgan fingerprint density at radius 3 is 3.07 bits per heavy atom. The fraction of sp³-hybridized carbons (Fsp3) is 0.700. The van der Waals surface area contributed by atoms with E-state index in [4.69, 9.17) is 5.73 Å². The van der Waals surface area contributed by atoms with Crippen molar-refractivity contribution in [2.24, 2.45) is 11.7 Å². The molecule has 0 saturated heterocycles. The zero-order valence-corrected chi connectivity index (χ0v) is 9.52. The Labute approximate surface area is 89.7 Å². The SMILES string of the molecule is CCC(CN)CCNCc1nccs1. The molecule has 1 heterocycles. The Hall–Kier alpha value is -0.450. The van der Waals surface area contributed by atoms with Gasteiger partial charge in [0.25, 0.3) is 0 Å². The molecular weight excluding hydrogens is 194 g/mol. The van der Waals surface area contributed by atoms with Gasteiger partial charge in [-0.1, -0.05) is 13.3 Å². The highest BCUT2D eigenvalue weighted by molar-refractivity contribution is 7.09. The van der Waals surface area contributed by atoms with Crippen molar-refractivity contribution in [1.29, 1.82) is 0 Å². The lowest BCUT2D eigenvalue weighted by atomic mass is 10.0. The van der Waals surface area contributed by atoms with Crippen molar-refractivity contribution in [1.82, 2.24) is 10.3 Å². The lowest BCUT2D eigenvalue weighted by Gasteiger charge is -2.11. The van der Waals surface area contributed by atoms with Crippen molar-refractivity contribution in [2.45, 2.75) is 26.3 Å². The van der Waals surface area contributed by atoms with Crippen LogP contribution in [0, 0.1) is 5.92 Å². The normalized spacial score (nSPS) is 13.0. The Morgan fingerprint density at radius 2 is 2.50 bits per heavy atom. The second kappa shape index (κ2) is 6.92. The molecule has 0 aliphatic rings. The Bertz CT molecular complexity index is 219. The van der Waals surface area contributed by atoms with E-state index in [1.54, 1.807) is 11.3 Å². The number of rotatable bonds is 7. The molecule has 0 radical (unpaired) electrons. The van der Waals surface area contributed by atoms with Gasteiger partial charge in [-0.25, -0.2) is 4.98 Å². The molecule has 3 nitrogen and oxygen atoms in total. The average molecular weight is 213 g/mol. The van der Waals surface area contributed by atoms with Crippen molar-refractivity contribution in [2.75, 3.05) is 13.1 Å². The van der Waals surface area contributed by atoms with E-state index < -0.39 is 0 Å². The number of thiazole rings is 1. The lowest BCUT2D eigenvalue weighted by Crippen LogP contribution is -2.21. The van der Waals surface area contributed by atoms with Crippen molar-refractivity contribution < 1.29 is 0 Å². The smallest absolute Gasteiger partial charge is 0.106 e. The van der Waals surface area contributed by atoms with Crippen LogP contribution in [0.4, 0.5) is 0 Å². The van der Waals surface area contributed by atoms with E-state index in [9.17, 15) is 0 Å². The van der Waals surface area contributed by atoms with Crippen LogP contribution in [0.1, 0.15) is 24.8 Å². The minimum absolute atomic E-state index is 0.666.